The van der Waals surface area contributed by atoms with Crippen molar-refractivity contribution in [1.82, 2.24) is 9.80 Å². The van der Waals surface area contributed by atoms with Gasteiger partial charge in [0.2, 0.25) is 0 Å². The highest BCUT2D eigenvalue weighted by atomic mass is 16.4. The van der Waals surface area contributed by atoms with Crippen LogP contribution < -0.4 is 0 Å². The van der Waals surface area contributed by atoms with Crippen molar-refractivity contribution in [3.8, 4) is 0 Å². The predicted octanol–water partition coefficient (Wildman–Crippen LogP) is 0.358. The third-order valence-electron chi connectivity index (χ3n) is 3.85. The summed E-state index contributed by atoms with van der Waals surface area (Å²) in [6.07, 6.45) is 2.63. The van der Waals surface area contributed by atoms with Gasteiger partial charge in [0.15, 0.2) is 0 Å². The van der Waals surface area contributed by atoms with Crippen molar-refractivity contribution in [3.63, 3.8) is 0 Å². The molecule has 102 valence electrons. The molecular formula is C12H20N2O4. The maximum absolute atomic E-state index is 12.4. The Morgan fingerprint density at radius 1 is 1.33 bits per heavy atom. The van der Waals surface area contributed by atoms with Crippen LogP contribution in [-0.4, -0.2) is 63.8 Å². The van der Waals surface area contributed by atoms with Crippen LogP contribution in [0.1, 0.15) is 26.2 Å². The zero-order valence-electron chi connectivity index (χ0n) is 10.6. The van der Waals surface area contributed by atoms with Gasteiger partial charge in [0.05, 0.1) is 12.6 Å². The number of hydrogen-bond acceptors (Lipinski definition) is 3. The zero-order valence-corrected chi connectivity index (χ0v) is 10.6. The summed E-state index contributed by atoms with van der Waals surface area (Å²) in [5.41, 5.74) is 0. The number of likely N-dealkylation sites (tertiary alicyclic amines) is 1. The molecule has 0 radical (unpaired) electrons. The molecule has 2 atom stereocenters. The lowest BCUT2D eigenvalue weighted by Gasteiger charge is -2.31. The smallest absolute Gasteiger partial charge is 0.323 e. The number of aliphatic hydroxyl groups excluding tert-OH is 1. The molecule has 18 heavy (non-hydrogen) atoms. The first-order valence-electron chi connectivity index (χ1n) is 6.44. The molecule has 2 fully saturated rings. The van der Waals surface area contributed by atoms with Crippen LogP contribution in [0.25, 0.3) is 0 Å². The van der Waals surface area contributed by atoms with Gasteiger partial charge in [-0.1, -0.05) is 6.92 Å². The van der Waals surface area contributed by atoms with Crippen molar-refractivity contribution < 1.29 is 19.8 Å². The van der Waals surface area contributed by atoms with Gasteiger partial charge in [-0.3, -0.25) is 4.79 Å². The van der Waals surface area contributed by atoms with E-state index in [2.05, 4.69) is 0 Å². The number of carboxylic acids is 1. The number of carboxylic acid groups (broad SMARTS) is 1. The Morgan fingerprint density at radius 3 is 2.50 bits per heavy atom. The first kappa shape index (κ1) is 13.1. The molecule has 1 aliphatic heterocycles. The Hall–Kier alpha value is -1.30. The van der Waals surface area contributed by atoms with Gasteiger partial charge in [-0.25, -0.2) is 4.79 Å². The number of carbonyl (C=O) groups is 2. The summed E-state index contributed by atoms with van der Waals surface area (Å²) >= 11 is 0. The van der Waals surface area contributed by atoms with Crippen LogP contribution in [0.2, 0.25) is 0 Å². The monoisotopic (exact) mass is 256 g/mol. The quantitative estimate of drug-likeness (QED) is 0.761. The number of aliphatic carboxylic acids is 1. The molecule has 1 aliphatic carbocycles. The second kappa shape index (κ2) is 5.14. The number of aliphatic hydroxyl groups is 1. The Morgan fingerprint density at radius 2 is 2.00 bits per heavy atom. The fraction of sp³-hybridized carbons (Fsp3) is 0.833. The molecule has 1 saturated heterocycles. The minimum absolute atomic E-state index is 0.0571. The SMILES string of the molecule is CC1CCN(C(=O)N(CC(=O)O)C2CC2)C1CO. The summed E-state index contributed by atoms with van der Waals surface area (Å²) in [6, 6.07) is -0.334. The van der Waals surface area contributed by atoms with Gasteiger partial charge >= 0.3 is 12.0 Å². The maximum atomic E-state index is 12.4. The molecule has 0 aromatic heterocycles. The first-order valence-corrected chi connectivity index (χ1v) is 6.44. The normalized spacial score (nSPS) is 27.3. The Labute approximate surface area is 106 Å². The molecule has 2 aliphatic rings. The number of hydrogen-bond donors (Lipinski definition) is 2. The van der Waals surface area contributed by atoms with E-state index in [9.17, 15) is 14.7 Å². The lowest BCUT2D eigenvalue weighted by Crippen LogP contribution is -2.50. The highest BCUT2D eigenvalue weighted by Crippen LogP contribution is 2.31. The number of rotatable bonds is 4. The summed E-state index contributed by atoms with van der Waals surface area (Å²) in [4.78, 5) is 26.2. The third-order valence-corrected chi connectivity index (χ3v) is 3.85. The summed E-state index contributed by atoms with van der Waals surface area (Å²) in [5.74, 6) is -0.715. The largest absolute Gasteiger partial charge is 0.480 e. The number of carbonyl (C=O) groups excluding carboxylic acids is 1. The molecule has 1 heterocycles. The van der Waals surface area contributed by atoms with Crippen LogP contribution in [0.3, 0.4) is 0 Å². The van der Waals surface area contributed by atoms with E-state index in [4.69, 9.17) is 5.11 Å². The molecule has 6 heteroatoms. The zero-order chi connectivity index (χ0) is 13.3. The van der Waals surface area contributed by atoms with Crippen LogP contribution in [0, 0.1) is 5.92 Å². The molecule has 0 aromatic rings. The average molecular weight is 256 g/mol. The van der Waals surface area contributed by atoms with Gasteiger partial charge in [-0.05, 0) is 25.2 Å². The number of nitrogens with zero attached hydrogens (tertiary/aromatic N) is 2. The summed E-state index contributed by atoms with van der Waals surface area (Å²) in [5, 5.41) is 18.2. The van der Waals surface area contributed by atoms with Crippen molar-refractivity contribution in [1.29, 1.82) is 0 Å². The van der Waals surface area contributed by atoms with Gasteiger partial charge in [0.1, 0.15) is 6.54 Å². The highest BCUT2D eigenvalue weighted by Gasteiger charge is 2.41. The predicted molar refractivity (Wildman–Crippen MR) is 64.1 cm³/mol. The summed E-state index contributed by atoms with van der Waals surface area (Å²) < 4.78 is 0. The lowest BCUT2D eigenvalue weighted by atomic mass is 10.0. The molecule has 2 unspecified atom stereocenters. The number of amides is 2. The third kappa shape index (κ3) is 2.58. The van der Waals surface area contributed by atoms with Crippen LogP contribution in [0.15, 0.2) is 0 Å². The van der Waals surface area contributed by atoms with Crippen LogP contribution in [-0.2, 0) is 4.79 Å². The molecule has 2 N–H and O–H groups in total. The Bertz CT molecular complexity index is 343. The molecular weight excluding hydrogens is 236 g/mol. The van der Waals surface area contributed by atoms with Crippen LogP contribution in [0.4, 0.5) is 4.79 Å². The van der Waals surface area contributed by atoms with E-state index in [1.165, 1.54) is 4.90 Å². The van der Waals surface area contributed by atoms with Crippen molar-refractivity contribution in [2.45, 2.75) is 38.3 Å². The average Bonchev–Trinajstić information content (AvgIpc) is 3.08. The first-order chi connectivity index (χ1) is 8.54. The summed E-state index contributed by atoms with van der Waals surface area (Å²) in [6.45, 7) is 2.31. The Kier molecular flexibility index (Phi) is 3.75. The van der Waals surface area contributed by atoms with E-state index in [0.29, 0.717) is 6.54 Å². The molecule has 1 saturated carbocycles. The van der Waals surface area contributed by atoms with Crippen molar-refractivity contribution in [2.75, 3.05) is 19.7 Å². The van der Waals surface area contributed by atoms with Crippen molar-refractivity contribution >= 4 is 12.0 Å². The minimum atomic E-state index is -0.983. The second-order valence-electron chi connectivity index (χ2n) is 5.24. The van der Waals surface area contributed by atoms with Gasteiger partial charge in [-0.15, -0.1) is 0 Å². The van der Waals surface area contributed by atoms with E-state index < -0.39 is 5.97 Å². The summed E-state index contributed by atoms with van der Waals surface area (Å²) in [7, 11) is 0. The van der Waals surface area contributed by atoms with Crippen molar-refractivity contribution in [3.05, 3.63) is 0 Å². The van der Waals surface area contributed by atoms with E-state index in [1.54, 1.807) is 4.90 Å². The fourth-order valence-corrected chi connectivity index (χ4v) is 2.57. The molecule has 2 rings (SSSR count). The van der Waals surface area contributed by atoms with Crippen molar-refractivity contribution in [2.24, 2.45) is 5.92 Å². The van der Waals surface area contributed by atoms with E-state index in [1.807, 2.05) is 6.92 Å². The van der Waals surface area contributed by atoms with Gasteiger partial charge in [0.25, 0.3) is 0 Å². The van der Waals surface area contributed by atoms with Crippen LogP contribution in [0.5, 0.6) is 0 Å². The molecule has 0 bridgehead atoms. The lowest BCUT2D eigenvalue weighted by molar-refractivity contribution is -0.137. The molecule has 0 aromatic carbocycles. The second-order valence-corrected chi connectivity index (χ2v) is 5.24. The minimum Gasteiger partial charge on any atom is -0.480 e. The Balaban J connectivity index is 2.05. The molecule has 0 spiro atoms. The van der Waals surface area contributed by atoms with E-state index in [0.717, 1.165) is 19.3 Å². The fourth-order valence-electron chi connectivity index (χ4n) is 2.57. The van der Waals surface area contributed by atoms with E-state index >= 15 is 0 Å². The van der Waals surface area contributed by atoms with Gasteiger partial charge < -0.3 is 20.0 Å². The van der Waals surface area contributed by atoms with E-state index in [-0.39, 0.29) is 37.2 Å². The highest BCUT2D eigenvalue weighted by molar-refractivity contribution is 5.81. The number of urea groups is 1. The van der Waals surface area contributed by atoms with Crippen LogP contribution >= 0.6 is 0 Å². The standard InChI is InChI=1S/C12H20N2O4/c1-8-4-5-13(10(8)7-15)12(18)14(6-11(16)17)9-2-3-9/h8-10,15H,2-7H2,1H3,(H,16,17). The molecule has 6 nitrogen and oxygen atoms in total. The topological polar surface area (TPSA) is 81.1 Å². The van der Waals surface area contributed by atoms with Gasteiger partial charge in [0, 0.05) is 12.6 Å². The maximum Gasteiger partial charge on any atom is 0.323 e. The molecule has 2 amide bonds. The van der Waals surface area contributed by atoms with Gasteiger partial charge in [-0.2, -0.15) is 0 Å².